The molecule has 0 aliphatic carbocycles. The molecule has 0 fully saturated rings. The quantitative estimate of drug-likeness (QED) is 0.763. The van der Waals surface area contributed by atoms with Crippen LogP contribution in [0.4, 0.5) is 22.0 Å². The fourth-order valence-electron chi connectivity index (χ4n) is 0.644. The van der Waals surface area contributed by atoms with E-state index in [4.69, 9.17) is 0 Å². The molecule has 102 valence electrons. The van der Waals surface area contributed by atoms with E-state index in [-0.39, 0.29) is 0 Å². The fourth-order valence-corrected chi connectivity index (χ4v) is 0.644. The smallest absolute Gasteiger partial charge is 0.388 e. The summed E-state index contributed by atoms with van der Waals surface area (Å²) in [6.07, 6.45) is -5.97. The van der Waals surface area contributed by atoms with Crippen LogP contribution in [0, 0.1) is 0 Å². The molecule has 0 rings (SSSR count). The first-order valence-corrected chi connectivity index (χ1v) is 4.62. The molecule has 0 aromatic rings. The van der Waals surface area contributed by atoms with Crippen molar-refractivity contribution in [2.75, 3.05) is 0 Å². The summed E-state index contributed by atoms with van der Waals surface area (Å²) in [5, 5.41) is 11.0. The topological polar surface area (TPSA) is 49.3 Å². The van der Waals surface area contributed by atoms with Crippen LogP contribution in [0.15, 0.2) is 0 Å². The minimum Gasteiger partial charge on any atom is -0.388 e. The van der Waals surface area contributed by atoms with E-state index in [1.165, 1.54) is 19.2 Å². The molecule has 0 spiro atoms. The van der Waals surface area contributed by atoms with E-state index < -0.39 is 29.1 Å². The molecule has 2 N–H and O–H groups in total. The van der Waals surface area contributed by atoms with Gasteiger partial charge in [0, 0.05) is 0 Å². The SMILES string of the molecule is CC(C)(O)C(C)(C)NC(=O)C(F)(F)C(F)(F)F. The molecule has 0 saturated heterocycles. The molecule has 0 unspecified atom stereocenters. The van der Waals surface area contributed by atoms with Gasteiger partial charge in [-0.2, -0.15) is 22.0 Å². The van der Waals surface area contributed by atoms with Gasteiger partial charge in [-0.25, -0.2) is 0 Å². The third-order valence-electron chi connectivity index (χ3n) is 2.60. The fraction of sp³-hybridized carbons (Fsp3) is 0.889. The zero-order valence-electron chi connectivity index (χ0n) is 9.75. The van der Waals surface area contributed by atoms with Gasteiger partial charge in [0.2, 0.25) is 0 Å². The minimum absolute atomic E-state index is 1.14. The molecule has 0 radical (unpaired) electrons. The highest BCUT2D eigenvalue weighted by atomic mass is 19.4. The number of hydrogen-bond acceptors (Lipinski definition) is 2. The third-order valence-corrected chi connectivity index (χ3v) is 2.60. The van der Waals surface area contributed by atoms with Gasteiger partial charge in [-0.05, 0) is 27.7 Å². The van der Waals surface area contributed by atoms with Crippen molar-refractivity contribution in [1.82, 2.24) is 5.32 Å². The lowest BCUT2D eigenvalue weighted by Crippen LogP contribution is -2.63. The number of nitrogens with one attached hydrogen (secondary N) is 1. The Morgan fingerprint density at radius 3 is 1.59 bits per heavy atom. The molecular weight excluding hydrogens is 249 g/mol. The number of alkyl halides is 5. The molecule has 17 heavy (non-hydrogen) atoms. The van der Waals surface area contributed by atoms with E-state index in [1.807, 2.05) is 0 Å². The summed E-state index contributed by atoms with van der Waals surface area (Å²) >= 11 is 0. The van der Waals surface area contributed by atoms with Gasteiger partial charge in [-0.1, -0.05) is 0 Å². The molecule has 0 atom stereocenters. The third kappa shape index (κ3) is 3.27. The Labute approximate surface area is 95.0 Å². The van der Waals surface area contributed by atoms with Crippen LogP contribution in [0.25, 0.3) is 0 Å². The number of halogens is 5. The van der Waals surface area contributed by atoms with Crippen molar-refractivity contribution in [2.45, 2.75) is 50.9 Å². The first-order valence-electron chi connectivity index (χ1n) is 4.62. The zero-order valence-corrected chi connectivity index (χ0v) is 9.75. The van der Waals surface area contributed by atoms with E-state index in [9.17, 15) is 31.9 Å². The van der Waals surface area contributed by atoms with Gasteiger partial charge in [0.1, 0.15) is 0 Å². The van der Waals surface area contributed by atoms with Crippen LogP contribution in [-0.2, 0) is 4.79 Å². The van der Waals surface area contributed by atoms with Crippen molar-refractivity contribution in [3.63, 3.8) is 0 Å². The Balaban J connectivity index is 5.02. The summed E-state index contributed by atoms with van der Waals surface area (Å²) in [5.41, 5.74) is -3.30. The Bertz CT molecular complexity index is 303. The second-order valence-corrected chi connectivity index (χ2v) is 4.71. The van der Waals surface area contributed by atoms with Gasteiger partial charge >= 0.3 is 18.0 Å². The highest BCUT2D eigenvalue weighted by molar-refractivity contribution is 5.85. The van der Waals surface area contributed by atoms with Crippen LogP contribution in [0.2, 0.25) is 0 Å². The predicted molar refractivity (Wildman–Crippen MR) is 49.5 cm³/mol. The molecule has 0 aromatic heterocycles. The number of rotatable bonds is 3. The lowest BCUT2D eigenvalue weighted by atomic mass is 9.86. The van der Waals surface area contributed by atoms with E-state index in [0.717, 1.165) is 13.8 Å². The molecule has 1 amide bonds. The molecule has 0 aromatic carbocycles. The highest BCUT2D eigenvalue weighted by Crippen LogP contribution is 2.36. The van der Waals surface area contributed by atoms with Crippen LogP contribution in [0.1, 0.15) is 27.7 Å². The largest absolute Gasteiger partial charge is 0.463 e. The number of carbonyl (C=O) groups excluding carboxylic acids is 1. The van der Waals surface area contributed by atoms with Crippen LogP contribution in [0.5, 0.6) is 0 Å². The first-order chi connectivity index (χ1) is 7.13. The predicted octanol–water partition coefficient (Wildman–Crippen LogP) is 1.85. The monoisotopic (exact) mass is 263 g/mol. The summed E-state index contributed by atoms with van der Waals surface area (Å²) in [6, 6.07) is 0. The van der Waals surface area contributed by atoms with E-state index in [1.54, 1.807) is 0 Å². The molecule has 0 heterocycles. The Hall–Kier alpha value is -0.920. The summed E-state index contributed by atoms with van der Waals surface area (Å²) in [7, 11) is 0. The maximum atomic E-state index is 12.6. The van der Waals surface area contributed by atoms with Crippen LogP contribution in [-0.4, -0.2) is 34.3 Å². The van der Waals surface area contributed by atoms with Crippen LogP contribution >= 0.6 is 0 Å². The second-order valence-electron chi connectivity index (χ2n) is 4.71. The highest BCUT2D eigenvalue weighted by Gasteiger charge is 2.64. The molecule has 3 nitrogen and oxygen atoms in total. The number of hydrogen-bond donors (Lipinski definition) is 2. The van der Waals surface area contributed by atoms with Gasteiger partial charge in [0.05, 0.1) is 11.1 Å². The van der Waals surface area contributed by atoms with Gasteiger partial charge in [-0.3, -0.25) is 4.79 Å². The molecule has 0 bridgehead atoms. The average molecular weight is 263 g/mol. The van der Waals surface area contributed by atoms with Crippen molar-refractivity contribution in [1.29, 1.82) is 0 Å². The van der Waals surface area contributed by atoms with Crippen molar-refractivity contribution in [2.24, 2.45) is 0 Å². The normalized spacial score (nSPS) is 14.7. The summed E-state index contributed by atoms with van der Waals surface area (Å²) < 4.78 is 60.9. The van der Waals surface area contributed by atoms with Crippen molar-refractivity contribution < 1.29 is 31.9 Å². The molecule has 8 heteroatoms. The minimum atomic E-state index is -5.97. The van der Waals surface area contributed by atoms with Gasteiger partial charge in [-0.15, -0.1) is 0 Å². The van der Waals surface area contributed by atoms with Crippen molar-refractivity contribution in [3.05, 3.63) is 0 Å². The van der Waals surface area contributed by atoms with Crippen molar-refractivity contribution in [3.8, 4) is 0 Å². The van der Waals surface area contributed by atoms with E-state index >= 15 is 0 Å². The van der Waals surface area contributed by atoms with Gasteiger partial charge in [0.15, 0.2) is 0 Å². The second kappa shape index (κ2) is 4.08. The van der Waals surface area contributed by atoms with Crippen LogP contribution in [0.3, 0.4) is 0 Å². The molecule has 0 aliphatic rings. The van der Waals surface area contributed by atoms with Gasteiger partial charge < -0.3 is 10.4 Å². The molecule has 0 saturated carbocycles. The Kier molecular flexibility index (Phi) is 3.86. The maximum absolute atomic E-state index is 12.6. The van der Waals surface area contributed by atoms with E-state index in [0.29, 0.717) is 0 Å². The lowest BCUT2D eigenvalue weighted by Gasteiger charge is -2.38. The summed E-state index contributed by atoms with van der Waals surface area (Å²) in [5.74, 6) is -7.98. The number of amides is 1. The standard InChI is InChI=1S/C9H14F5NO2/c1-6(2,7(3,4)17)15-5(16)8(10,11)9(12,13)14/h17H,1-4H3,(H,15,16). The molecular formula is C9H14F5NO2. The summed E-state index contributed by atoms with van der Waals surface area (Å²) in [4.78, 5) is 10.9. The Morgan fingerprint density at radius 2 is 1.35 bits per heavy atom. The maximum Gasteiger partial charge on any atom is 0.463 e. The number of aliphatic hydroxyl groups is 1. The zero-order chi connectivity index (χ0) is 14.3. The van der Waals surface area contributed by atoms with Crippen LogP contribution < -0.4 is 5.32 Å². The van der Waals surface area contributed by atoms with Gasteiger partial charge in [0.25, 0.3) is 0 Å². The average Bonchev–Trinajstić information content (AvgIpc) is 1.98. The van der Waals surface area contributed by atoms with Crippen molar-refractivity contribution >= 4 is 5.91 Å². The Morgan fingerprint density at radius 1 is 1.00 bits per heavy atom. The molecule has 0 aliphatic heterocycles. The first kappa shape index (κ1) is 16.1. The lowest BCUT2D eigenvalue weighted by molar-refractivity contribution is -0.271. The number of carbonyl (C=O) groups is 1. The summed E-state index contributed by atoms with van der Waals surface area (Å²) in [6.45, 7) is 4.63. The van der Waals surface area contributed by atoms with E-state index in [2.05, 4.69) is 0 Å².